The standard InChI is InChI=1S/C57H34N6/c1-8-25-46-36(16-1)37-17-2-9-26-47(37)61(46)51-30-13-6-21-43(51)56-58-55(35-32-33-53-45(34-35)42-24-15-23-41-40-20-5-12-29-50(40)63(53)54(41)42)59-57(60-56)44-22-7-14-31-52(44)62-48-27-10-3-18-38(48)39-19-4-11-28-49(39)62/h1-34H. The van der Waals surface area contributed by atoms with Gasteiger partial charge >= 0.3 is 0 Å². The summed E-state index contributed by atoms with van der Waals surface area (Å²) in [5, 5.41) is 9.70. The zero-order valence-electron chi connectivity index (χ0n) is 33.8. The van der Waals surface area contributed by atoms with Crippen molar-refractivity contribution in [1.29, 1.82) is 0 Å². The van der Waals surface area contributed by atoms with Crippen molar-refractivity contribution in [2.24, 2.45) is 0 Å². The van der Waals surface area contributed by atoms with E-state index in [4.69, 9.17) is 15.0 Å². The van der Waals surface area contributed by atoms with Crippen LogP contribution in [0, 0.1) is 0 Å². The van der Waals surface area contributed by atoms with Crippen LogP contribution in [-0.4, -0.2) is 28.5 Å². The molecule has 63 heavy (non-hydrogen) atoms. The number of nitrogens with zero attached hydrogens (tertiary/aromatic N) is 6. The van der Waals surface area contributed by atoms with Gasteiger partial charge in [-0.15, -0.1) is 0 Å². The number of hydrogen-bond acceptors (Lipinski definition) is 3. The number of para-hydroxylation sites is 8. The van der Waals surface area contributed by atoms with Gasteiger partial charge in [-0.05, 0) is 72.8 Å². The van der Waals surface area contributed by atoms with Gasteiger partial charge in [-0.1, -0.05) is 133 Å². The highest BCUT2D eigenvalue weighted by atomic mass is 15.1. The number of benzene rings is 9. The first-order valence-corrected chi connectivity index (χ1v) is 21.4. The first-order chi connectivity index (χ1) is 31.3. The summed E-state index contributed by atoms with van der Waals surface area (Å²) in [5.74, 6) is 1.81. The summed E-state index contributed by atoms with van der Waals surface area (Å²) in [4.78, 5) is 16.3. The van der Waals surface area contributed by atoms with Gasteiger partial charge in [-0.3, -0.25) is 0 Å². The predicted octanol–water partition coefficient (Wildman–Crippen LogP) is 14.2. The Morgan fingerprint density at radius 2 is 0.635 bits per heavy atom. The summed E-state index contributed by atoms with van der Waals surface area (Å²) in [6, 6.07) is 73.5. The van der Waals surface area contributed by atoms with Gasteiger partial charge in [0.05, 0.1) is 50.0 Å². The Morgan fingerprint density at radius 3 is 1.14 bits per heavy atom. The average Bonchev–Trinajstić information content (AvgIpc) is 4.08. The molecule has 0 fully saturated rings. The van der Waals surface area contributed by atoms with Gasteiger partial charge in [0.2, 0.25) is 0 Å². The molecule has 6 heteroatoms. The summed E-state index contributed by atoms with van der Waals surface area (Å²) >= 11 is 0. The zero-order valence-corrected chi connectivity index (χ0v) is 33.8. The minimum Gasteiger partial charge on any atom is -0.309 e. The maximum absolute atomic E-state index is 5.47. The summed E-state index contributed by atoms with van der Waals surface area (Å²) < 4.78 is 7.11. The number of rotatable bonds is 5. The van der Waals surface area contributed by atoms with Crippen molar-refractivity contribution < 1.29 is 0 Å². The van der Waals surface area contributed by atoms with Crippen LogP contribution in [0.25, 0.3) is 127 Å². The SMILES string of the molecule is c1ccc(-n2c3ccccc3c3ccccc32)c(-c2nc(-c3ccc4c(c3)c3cccc5c6ccccc6n4c53)nc(-c3ccccc3-n3c4ccccc4c4ccccc43)n2)c1. The molecule has 0 spiro atoms. The first kappa shape index (κ1) is 34.1. The summed E-state index contributed by atoms with van der Waals surface area (Å²) in [6.45, 7) is 0. The van der Waals surface area contributed by atoms with Crippen LogP contribution in [0.2, 0.25) is 0 Å². The highest BCUT2D eigenvalue weighted by Crippen LogP contribution is 2.42. The Kier molecular flexibility index (Phi) is 7.02. The Labute approximate surface area is 360 Å². The van der Waals surface area contributed by atoms with Crippen LogP contribution in [0.5, 0.6) is 0 Å². The van der Waals surface area contributed by atoms with Gasteiger partial charge in [0.25, 0.3) is 0 Å². The molecule has 0 bridgehead atoms. The van der Waals surface area contributed by atoms with Crippen molar-refractivity contribution in [3.05, 3.63) is 206 Å². The Hall–Kier alpha value is -8.61. The molecule has 0 aliphatic carbocycles. The first-order valence-electron chi connectivity index (χ1n) is 21.4. The molecule has 292 valence electrons. The molecule has 9 aromatic carbocycles. The largest absolute Gasteiger partial charge is 0.309 e. The van der Waals surface area contributed by atoms with Crippen LogP contribution in [-0.2, 0) is 0 Å². The van der Waals surface area contributed by atoms with Gasteiger partial charge in [-0.2, -0.15) is 0 Å². The second kappa shape index (κ2) is 12.9. The second-order valence-electron chi connectivity index (χ2n) is 16.4. The maximum Gasteiger partial charge on any atom is 0.166 e. The fourth-order valence-corrected chi connectivity index (χ4v) is 10.4. The van der Waals surface area contributed by atoms with Gasteiger partial charge in [0.1, 0.15) is 0 Å². The van der Waals surface area contributed by atoms with Crippen molar-refractivity contribution >= 4 is 81.7 Å². The molecule has 5 heterocycles. The van der Waals surface area contributed by atoms with Crippen LogP contribution in [0.1, 0.15) is 0 Å². The van der Waals surface area contributed by atoms with Crippen LogP contribution < -0.4 is 0 Å². The molecule has 0 unspecified atom stereocenters. The van der Waals surface area contributed by atoms with E-state index in [2.05, 4.69) is 220 Å². The van der Waals surface area contributed by atoms with Crippen molar-refractivity contribution in [2.45, 2.75) is 0 Å². The van der Waals surface area contributed by atoms with Gasteiger partial charge in [-0.25, -0.2) is 15.0 Å². The van der Waals surface area contributed by atoms with Crippen molar-refractivity contribution in [3.8, 4) is 45.5 Å². The normalized spacial score (nSPS) is 12.1. The fraction of sp³-hybridized carbons (Fsp3) is 0. The lowest BCUT2D eigenvalue weighted by Gasteiger charge is -2.16. The van der Waals surface area contributed by atoms with Crippen LogP contribution in [0.4, 0.5) is 0 Å². The molecule has 0 aliphatic heterocycles. The number of hydrogen-bond donors (Lipinski definition) is 0. The summed E-state index contributed by atoms with van der Waals surface area (Å²) in [5.41, 5.74) is 12.9. The van der Waals surface area contributed by atoms with Crippen LogP contribution in [0.15, 0.2) is 206 Å². The minimum absolute atomic E-state index is 0.601. The molecule has 0 amide bonds. The van der Waals surface area contributed by atoms with E-state index in [1.54, 1.807) is 0 Å². The molecule has 5 aromatic heterocycles. The van der Waals surface area contributed by atoms with Gasteiger partial charge < -0.3 is 13.5 Å². The number of aromatic nitrogens is 6. The van der Waals surface area contributed by atoms with E-state index in [1.165, 1.54) is 54.1 Å². The van der Waals surface area contributed by atoms with E-state index in [0.29, 0.717) is 17.5 Å². The topological polar surface area (TPSA) is 52.9 Å². The lowest BCUT2D eigenvalue weighted by Crippen LogP contribution is -2.05. The molecule has 14 rings (SSSR count). The monoisotopic (exact) mass is 802 g/mol. The Bertz CT molecular complexity index is 3890. The van der Waals surface area contributed by atoms with E-state index in [-0.39, 0.29) is 0 Å². The molecule has 6 nitrogen and oxygen atoms in total. The van der Waals surface area contributed by atoms with E-state index in [1.807, 2.05) is 0 Å². The third kappa shape index (κ3) is 4.80. The van der Waals surface area contributed by atoms with E-state index in [0.717, 1.165) is 55.6 Å². The van der Waals surface area contributed by atoms with Crippen molar-refractivity contribution in [1.82, 2.24) is 28.5 Å². The van der Waals surface area contributed by atoms with Crippen LogP contribution in [0.3, 0.4) is 0 Å². The second-order valence-corrected chi connectivity index (χ2v) is 16.4. The summed E-state index contributed by atoms with van der Waals surface area (Å²) in [7, 11) is 0. The molecule has 0 aliphatic rings. The van der Waals surface area contributed by atoms with Crippen molar-refractivity contribution in [2.75, 3.05) is 0 Å². The Morgan fingerprint density at radius 1 is 0.270 bits per heavy atom. The highest BCUT2D eigenvalue weighted by Gasteiger charge is 2.23. The summed E-state index contributed by atoms with van der Waals surface area (Å²) in [6.07, 6.45) is 0. The fourth-order valence-electron chi connectivity index (χ4n) is 10.4. The molecule has 0 N–H and O–H groups in total. The molecule has 0 atom stereocenters. The molecular weight excluding hydrogens is 769 g/mol. The van der Waals surface area contributed by atoms with Crippen molar-refractivity contribution in [3.63, 3.8) is 0 Å². The maximum atomic E-state index is 5.47. The smallest absolute Gasteiger partial charge is 0.166 e. The van der Waals surface area contributed by atoms with Gasteiger partial charge in [0.15, 0.2) is 17.5 Å². The van der Waals surface area contributed by atoms with E-state index >= 15 is 0 Å². The zero-order chi connectivity index (χ0) is 41.2. The molecule has 0 saturated carbocycles. The Balaban J connectivity index is 1.05. The highest BCUT2D eigenvalue weighted by molar-refractivity contribution is 6.23. The van der Waals surface area contributed by atoms with E-state index < -0.39 is 0 Å². The molecule has 0 radical (unpaired) electrons. The molecule has 0 saturated heterocycles. The van der Waals surface area contributed by atoms with Gasteiger partial charge in [0, 0.05) is 59.8 Å². The van der Waals surface area contributed by atoms with E-state index in [9.17, 15) is 0 Å². The lowest BCUT2D eigenvalue weighted by molar-refractivity contribution is 1.06. The molecular formula is C57H34N6. The third-order valence-corrected chi connectivity index (χ3v) is 13.0. The lowest BCUT2D eigenvalue weighted by atomic mass is 10.1. The minimum atomic E-state index is 0.601. The molecule has 14 aromatic rings. The van der Waals surface area contributed by atoms with Crippen LogP contribution >= 0.6 is 0 Å². The average molecular weight is 803 g/mol. The third-order valence-electron chi connectivity index (χ3n) is 13.0. The predicted molar refractivity (Wildman–Crippen MR) is 259 cm³/mol. The quantitative estimate of drug-likeness (QED) is 0.174. The number of fused-ring (bicyclic) bond motifs is 12.